The third-order valence-electron chi connectivity index (χ3n) is 3.54. The molecule has 0 aliphatic carbocycles. The number of aromatic nitrogens is 1. The summed E-state index contributed by atoms with van der Waals surface area (Å²) in [5.74, 6) is -0.0258. The zero-order chi connectivity index (χ0) is 15.2. The van der Waals surface area contributed by atoms with Gasteiger partial charge in [-0.25, -0.2) is 9.78 Å². The molecule has 21 heavy (non-hydrogen) atoms. The van der Waals surface area contributed by atoms with E-state index >= 15 is 0 Å². The summed E-state index contributed by atoms with van der Waals surface area (Å²) in [4.78, 5) is 28.7. The molecule has 2 N–H and O–H groups in total. The highest BCUT2D eigenvalue weighted by Gasteiger charge is 2.28. The zero-order valence-corrected chi connectivity index (χ0v) is 12.2. The third-order valence-corrected chi connectivity index (χ3v) is 3.54. The van der Waals surface area contributed by atoms with Crippen LogP contribution < -0.4 is 5.32 Å². The molecule has 1 aliphatic rings. The molecule has 2 rings (SSSR count). The lowest BCUT2D eigenvalue weighted by atomic mass is 9.99. The van der Waals surface area contributed by atoms with Crippen molar-refractivity contribution in [3.05, 3.63) is 17.8 Å². The largest absolute Gasteiger partial charge is 0.481 e. The van der Waals surface area contributed by atoms with E-state index < -0.39 is 11.9 Å². The Morgan fingerprint density at radius 2 is 2.38 bits per heavy atom. The molecule has 7 nitrogen and oxygen atoms in total. The Morgan fingerprint density at radius 1 is 1.57 bits per heavy atom. The molecule has 1 aromatic heterocycles. The molecule has 0 bridgehead atoms. The highest BCUT2D eigenvalue weighted by Crippen LogP contribution is 2.16. The van der Waals surface area contributed by atoms with E-state index in [1.54, 1.807) is 11.1 Å². The quantitative estimate of drug-likeness (QED) is 0.860. The van der Waals surface area contributed by atoms with Crippen molar-refractivity contribution in [3.63, 3.8) is 0 Å². The molecule has 2 heterocycles. The summed E-state index contributed by atoms with van der Waals surface area (Å²) in [5.41, 5.74) is 0. The molecule has 0 radical (unpaired) electrons. The van der Waals surface area contributed by atoms with Gasteiger partial charge in [0, 0.05) is 19.5 Å². The van der Waals surface area contributed by atoms with Crippen molar-refractivity contribution in [2.45, 2.75) is 39.2 Å². The molecule has 1 aliphatic heterocycles. The number of likely N-dealkylation sites (tertiary alicyclic amines) is 1. The molecular formula is C14H21N3O4. The summed E-state index contributed by atoms with van der Waals surface area (Å²) in [6.45, 7) is 3.16. The van der Waals surface area contributed by atoms with Crippen LogP contribution in [0.5, 0.6) is 0 Å². The first-order chi connectivity index (χ1) is 10.1. The number of amides is 2. The molecule has 116 valence electrons. The lowest BCUT2D eigenvalue weighted by Gasteiger charge is -2.30. The molecule has 1 fully saturated rings. The van der Waals surface area contributed by atoms with Crippen molar-refractivity contribution < 1.29 is 19.1 Å². The Morgan fingerprint density at radius 3 is 3.10 bits per heavy atom. The highest BCUT2D eigenvalue weighted by molar-refractivity contribution is 5.76. The van der Waals surface area contributed by atoms with Crippen molar-refractivity contribution in [2.24, 2.45) is 5.92 Å². The monoisotopic (exact) mass is 295 g/mol. The number of carboxylic acid groups (broad SMARTS) is 1. The average Bonchev–Trinajstić information content (AvgIpc) is 2.93. The van der Waals surface area contributed by atoms with Crippen molar-refractivity contribution in [2.75, 3.05) is 13.1 Å². The number of urea groups is 1. The molecule has 1 unspecified atom stereocenters. The summed E-state index contributed by atoms with van der Waals surface area (Å²) < 4.78 is 5.48. The van der Waals surface area contributed by atoms with Gasteiger partial charge in [-0.3, -0.25) is 4.79 Å². The van der Waals surface area contributed by atoms with E-state index in [9.17, 15) is 9.59 Å². The van der Waals surface area contributed by atoms with Crippen LogP contribution in [0, 0.1) is 5.92 Å². The van der Waals surface area contributed by atoms with Crippen LogP contribution in [0.4, 0.5) is 4.79 Å². The van der Waals surface area contributed by atoms with Gasteiger partial charge in [-0.2, -0.15) is 0 Å². The highest BCUT2D eigenvalue weighted by atomic mass is 16.4. The molecule has 7 heteroatoms. The maximum absolute atomic E-state index is 12.0. The van der Waals surface area contributed by atoms with Gasteiger partial charge in [0.2, 0.25) is 0 Å². The number of aryl methyl sites for hydroxylation is 1. The van der Waals surface area contributed by atoms with Crippen molar-refractivity contribution in [1.82, 2.24) is 15.2 Å². The molecule has 2 amide bonds. The van der Waals surface area contributed by atoms with Gasteiger partial charge in [0.1, 0.15) is 5.76 Å². The van der Waals surface area contributed by atoms with Gasteiger partial charge >= 0.3 is 12.0 Å². The number of hydrogen-bond donors (Lipinski definition) is 2. The van der Waals surface area contributed by atoms with Crippen LogP contribution in [-0.4, -0.2) is 40.1 Å². The van der Waals surface area contributed by atoms with Crippen LogP contribution in [0.2, 0.25) is 0 Å². The minimum Gasteiger partial charge on any atom is -0.481 e. The molecule has 1 atom stereocenters. The Kier molecular flexibility index (Phi) is 5.19. The van der Waals surface area contributed by atoms with E-state index in [0.717, 1.165) is 12.8 Å². The molecule has 0 aromatic carbocycles. The van der Waals surface area contributed by atoms with Gasteiger partial charge in [-0.1, -0.05) is 6.92 Å². The number of carbonyl (C=O) groups is 2. The van der Waals surface area contributed by atoms with Gasteiger partial charge in [0.25, 0.3) is 0 Å². The second-order valence-corrected chi connectivity index (χ2v) is 5.25. The van der Waals surface area contributed by atoms with Gasteiger partial charge in [0.15, 0.2) is 5.89 Å². The Balaban J connectivity index is 1.82. The predicted octanol–water partition coefficient (Wildman–Crippen LogP) is 1.63. The summed E-state index contributed by atoms with van der Waals surface area (Å²) in [6.07, 6.45) is 4.69. The maximum atomic E-state index is 12.0. The normalized spacial score (nSPS) is 18.5. The fourth-order valence-corrected chi connectivity index (χ4v) is 2.40. The first-order valence-corrected chi connectivity index (χ1v) is 7.29. The van der Waals surface area contributed by atoms with E-state index in [2.05, 4.69) is 10.3 Å². The number of carbonyl (C=O) groups excluding carboxylic acids is 1. The third kappa shape index (κ3) is 4.21. The predicted molar refractivity (Wildman–Crippen MR) is 74.7 cm³/mol. The Hall–Kier alpha value is -2.05. The first kappa shape index (κ1) is 15.3. The number of nitrogens with one attached hydrogen (secondary N) is 1. The molecule has 0 spiro atoms. The number of hydrogen-bond acceptors (Lipinski definition) is 4. The van der Waals surface area contributed by atoms with Crippen LogP contribution in [0.1, 0.15) is 37.8 Å². The zero-order valence-electron chi connectivity index (χ0n) is 12.2. The number of piperidine rings is 1. The summed E-state index contributed by atoms with van der Waals surface area (Å²) in [7, 11) is 0. The topological polar surface area (TPSA) is 95.7 Å². The van der Waals surface area contributed by atoms with Gasteiger partial charge < -0.3 is 19.7 Å². The Bertz CT molecular complexity index is 500. The van der Waals surface area contributed by atoms with E-state index in [0.29, 0.717) is 31.0 Å². The standard InChI is InChI=1S/C14H21N3O4/c1-2-4-12-15-7-11(21-12)8-16-14(20)17-6-3-5-10(9-17)13(18)19/h7,10H,2-6,8-9H2,1H3,(H,16,20)(H,18,19). The van der Waals surface area contributed by atoms with Crippen molar-refractivity contribution in [3.8, 4) is 0 Å². The second-order valence-electron chi connectivity index (χ2n) is 5.25. The second kappa shape index (κ2) is 7.10. The first-order valence-electron chi connectivity index (χ1n) is 7.29. The number of rotatable bonds is 5. The van der Waals surface area contributed by atoms with Crippen LogP contribution >= 0.6 is 0 Å². The van der Waals surface area contributed by atoms with Crippen molar-refractivity contribution >= 4 is 12.0 Å². The van der Waals surface area contributed by atoms with E-state index in [1.807, 2.05) is 6.92 Å². The minimum atomic E-state index is -0.841. The number of carboxylic acids is 1. The molecule has 1 saturated heterocycles. The van der Waals surface area contributed by atoms with Crippen molar-refractivity contribution in [1.29, 1.82) is 0 Å². The van der Waals surface area contributed by atoms with E-state index in [1.165, 1.54) is 0 Å². The summed E-state index contributed by atoms with van der Waals surface area (Å²) in [5, 5.41) is 11.8. The van der Waals surface area contributed by atoms with E-state index in [-0.39, 0.29) is 19.1 Å². The van der Waals surface area contributed by atoms with E-state index in [4.69, 9.17) is 9.52 Å². The van der Waals surface area contributed by atoms with Crippen LogP contribution in [0.25, 0.3) is 0 Å². The van der Waals surface area contributed by atoms with Crippen LogP contribution in [0.3, 0.4) is 0 Å². The minimum absolute atomic E-state index is 0.255. The van der Waals surface area contributed by atoms with Crippen LogP contribution in [-0.2, 0) is 17.8 Å². The average molecular weight is 295 g/mol. The number of aliphatic carboxylic acids is 1. The lowest BCUT2D eigenvalue weighted by Crippen LogP contribution is -2.46. The van der Waals surface area contributed by atoms with Gasteiger partial charge in [0.05, 0.1) is 18.7 Å². The Labute approximate surface area is 123 Å². The number of oxazole rings is 1. The molecule has 1 aromatic rings. The fourth-order valence-electron chi connectivity index (χ4n) is 2.40. The molecular weight excluding hydrogens is 274 g/mol. The van der Waals surface area contributed by atoms with Gasteiger partial charge in [-0.15, -0.1) is 0 Å². The fraction of sp³-hybridized carbons (Fsp3) is 0.643. The summed E-state index contributed by atoms with van der Waals surface area (Å²) in [6, 6.07) is -0.255. The number of nitrogens with zero attached hydrogens (tertiary/aromatic N) is 2. The van der Waals surface area contributed by atoms with Gasteiger partial charge in [-0.05, 0) is 19.3 Å². The lowest BCUT2D eigenvalue weighted by molar-refractivity contribution is -0.143. The smallest absolute Gasteiger partial charge is 0.317 e. The summed E-state index contributed by atoms with van der Waals surface area (Å²) >= 11 is 0. The maximum Gasteiger partial charge on any atom is 0.317 e. The SMILES string of the molecule is CCCc1ncc(CNC(=O)N2CCCC(C(=O)O)C2)o1. The van der Waals surface area contributed by atoms with Crippen LogP contribution in [0.15, 0.2) is 10.6 Å². The molecule has 0 saturated carbocycles.